The molecular weight excluding hydrogens is 248 g/mol. The minimum Gasteiger partial charge on any atom is -0.350 e. The second-order valence-corrected chi connectivity index (χ2v) is 9.09. The fourth-order valence-electron chi connectivity index (χ4n) is 2.01. The Labute approximate surface area is 113 Å². The van der Waals surface area contributed by atoms with Gasteiger partial charge in [-0.25, -0.2) is 8.51 Å². The molecule has 0 spiro atoms. The first kappa shape index (κ1) is 15.6. The van der Waals surface area contributed by atoms with Gasteiger partial charge >= 0.3 is 0 Å². The molecule has 0 aromatic rings. The van der Waals surface area contributed by atoms with Gasteiger partial charge in [-0.15, -0.1) is 0 Å². The lowest BCUT2D eigenvalue weighted by molar-refractivity contribution is -0.125. The summed E-state index contributed by atoms with van der Waals surface area (Å²) in [6.45, 7) is 12.5. The minimum absolute atomic E-state index is 0.00222. The number of amides is 1. The molecule has 1 rings (SSSR count). The van der Waals surface area contributed by atoms with Crippen molar-refractivity contribution in [2.24, 2.45) is 0 Å². The van der Waals surface area contributed by atoms with Crippen LogP contribution in [0.1, 0.15) is 54.4 Å². The van der Waals surface area contributed by atoms with E-state index in [0.717, 1.165) is 19.4 Å². The average Bonchev–Trinajstić information content (AvgIpc) is 2.60. The number of hydrogen-bond donors (Lipinski definition) is 1. The second kappa shape index (κ2) is 5.29. The standard InChI is InChI=1S/C13H26N2O2S/c1-12(2,3)14-11(16)10-8-7-9-15(10)18(17)13(4,5)6/h10H,7-9H2,1-6H3,(H,14,16)/t10-,18?/m0/s1. The molecule has 1 aliphatic rings. The van der Waals surface area contributed by atoms with E-state index >= 15 is 0 Å². The minimum atomic E-state index is -1.12. The van der Waals surface area contributed by atoms with E-state index in [1.807, 2.05) is 45.8 Å². The van der Waals surface area contributed by atoms with Gasteiger partial charge in [-0.1, -0.05) is 0 Å². The number of carbonyl (C=O) groups excluding carboxylic acids is 1. The van der Waals surface area contributed by atoms with E-state index in [1.165, 1.54) is 0 Å². The number of rotatable bonds is 2. The molecule has 5 heteroatoms. The predicted octanol–water partition coefficient (Wildman–Crippen LogP) is 1.83. The third-order valence-electron chi connectivity index (χ3n) is 2.74. The molecule has 1 heterocycles. The lowest BCUT2D eigenvalue weighted by Crippen LogP contribution is -2.52. The lowest BCUT2D eigenvalue weighted by atomic mass is 10.1. The summed E-state index contributed by atoms with van der Waals surface area (Å²) in [7, 11) is -1.12. The van der Waals surface area contributed by atoms with E-state index in [0.29, 0.717) is 0 Å². The second-order valence-electron chi connectivity index (χ2n) is 6.90. The van der Waals surface area contributed by atoms with Crippen LogP contribution >= 0.6 is 0 Å². The first-order valence-corrected chi connectivity index (χ1v) is 7.64. The summed E-state index contributed by atoms with van der Waals surface area (Å²) in [5.41, 5.74) is -0.242. The van der Waals surface area contributed by atoms with E-state index in [-0.39, 0.29) is 22.2 Å². The Hall–Kier alpha value is -0.420. The summed E-state index contributed by atoms with van der Waals surface area (Å²) >= 11 is 0. The van der Waals surface area contributed by atoms with E-state index in [4.69, 9.17) is 0 Å². The van der Waals surface area contributed by atoms with Crippen LogP contribution in [0.15, 0.2) is 0 Å². The zero-order valence-electron chi connectivity index (χ0n) is 12.4. The van der Waals surface area contributed by atoms with Crippen molar-refractivity contribution in [3.05, 3.63) is 0 Å². The van der Waals surface area contributed by atoms with Crippen LogP contribution in [0.25, 0.3) is 0 Å². The van der Waals surface area contributed by atoms with Crippen molar-refractivity contribution in [1.82, 2.24) is 9.62 Å². The van der Waals surface area contributed by atoms with Gasteiger partial charge in [-0.2, -0.15) is 0 Å². The molecule has 1 amide bonds. The van der Waals surface area contributed by atoms with Gasteiger partial charge in [-0.3, -0.25) is 4.79 Å². The van der Waals surface area contributed by atoms with E-state index < -0.39 is 11.0 Å². The maximum atomic E-state index is 12.4. The molecule has 0 radical (unpaired) electrons. The Morgan fingerprint density at radius 1 is 1.22 bits per heavy atom. The summed E-state index contributed by atoms with van der Waals surface area (Å²) in [5.74, 6) is -0.00222. The number of nitrogens with zero attached hydrogens (tertiary/aromatic N) is 1. The monoisotopic (exact) mass is 274 g/mol. The number of carbonyl (C=O) groups is 1. The molecule has 0 aromatic heterocycles. The molecule has 1 fully saturated rings. The fraction of sp³-hybridized carbons (Fsp3) is 0.923. The van der Waals surface area contributed by atoms with Gasteiger partial charge in [0.25, 0.3) is 0 Å². The Kier molecular flexibility index (Phi) is 4.60. The van der Waals surface area contributed by atoms with Crippen molar-refractivity contribution < 1.29 is 9.00 Å². The Morgan fingerprint density at radius 2 is 1.78 bits per heavy atom. The molecule has 0 aromatic carbocycles. The zero-order chi connectivity index (χ0) is 14.1. The molecule has 4 nitrogen and oxygen atoms in total. The summed E-state index contributed by atoms with van der Waals surface area (Å²) < 4.78 is 13.9. The van der Waals surface area contributed by atoms with Gasteiger partial charge in [-0.05, 0) is 54.4 Å². The van der Waals surface area contributed by atoms with E-state index in [1.54, 1.807) is 0 Å². The van der Waals surface area contributed by atoms with Crippen LogP contribution in [-0.4, -0.2) is 37.3 Å². The van der Waals surface area contributed by atoms with Gasteiger partial charge in [0.2, 0.25) is 5.91 Å². The van der Waals surface area contributed by atoms with Gasteiger partial charge < -0.3 is 5.32 Å². The molecule has 0 aliphatic carbocycles. The van der Waals surface area contributed by atoms with Crippen LogP contribution in [0.3, 0.4) is 0 Å². The highest BCUT2D eigenvalue weighted by molar-refractivity contribution is 7.84. The predicted molar refractivity (Wildman–Crippen MR) is 75.5 cm³/mol. The van der Waals surface area contributed by atoms with Crippen LogP contribution in [-0.2, 0) is 15.8 Å². The molecule has 18 heavy (non-hydrogen) atoms. The van der Waals surface area contributed by atoms with Crippen molar-refractivity contribution in [2.75, 3.05) is 6.54 Å². The van der Waals surface area contributed by atoms with Gasteiger partial charge in [0.1, 0.15) is 17.0 Å². The molecule has 1 saturated heterocycles. The molecule has 1 N–H and O–H groups in total. The van der Waals surface area contributed by atoms with Crippen molar-refractivity contribution in [3.8, 4) is 0 Å². The normalized spacial score (nSPS) is 24.0. The van der Waals surface area contributed by atoms with Crippen molar-refractivity contribution in [2.45, 2.75) is 70.7 Å². The van der Waals surface area contributed by atoms with Gasteiger partial charge in [0.05, 0.1) is 4.75 Å². The molecular formula is C13H26N2O2S. The summed E-state index contributed by atoms with van der Waals surface area (Å²) in [6, 6.07) is -0.246. The van der Waals surface area contributed by atoms with E-state index in [2.05, 4.69) is 5.32 Å². The molecule has 0 bridgehead atoms. The van der Waals surface area contributed by atoms with Crippen LogP contribution in [0.5, 0.6) is 0 Å². The molecule has 1 unspecified atom stereocenters. The maximum absolute atomic E-state index is 12.4. The van der Waals surface area contributed by atoms with Crippen LogP contribution in [0.4, 0.5) is 0 Å². The fourth-order valence-corrected chi connectivity index (χ4v) is 3.44. The van der Waals surface area contributed by atoms with Crippen LogP contribution in [0, 0.1) is 0 Å². The summed E-state index contributed by atoms with van der Waals surface area (Å²) in [5, 5.41) is 2.98. The Balaban J connectivity index is 2.77. The van der Waals surface area contributed by atoms with Crippen LogP contribution in [0.2, 0.25) is 0 Å². The van der Waals surface area contributed by atoms with Gasteiger partial charge in [0, 0.05) is 12.1 Å². The topological polar surface area (TPSA) is 49.4 Å². The average molecular weight is 274 g/mol. The highest BCUT2D eigenvalue weighted by Crippen LogP contribution is 2.26. The smallest absolute Gasteiger partial charge is 0.238 e. The van der Waals surface area contributed by atoms with Crippen LogP contribution < -0.4 is 5.32 Å². The van der Waals surface area contributed by atoms with Crippen molar-refractivity contribution in [3.63, 3.8) is 0 Å². The molecule has 106 valence electrons. The quantitative estimate of drug-likeness (QED) is 0.835. The molecule has 1 aliphatic heterocycles. The largest absolute Gasteiger partial charge is 0.350 e. The highest BCUT2D eigenvalue weighted by atomic mass is 32.2. The van der Waals surface area contributed by atoms with Gasteiger partial charge in [0.15, 0.2) is 0 Å². The third-order valence-corrected chi connectivity index (χ3v) is 4.65. The maximum Gasteiger partial charge on any atom is 0.238 e. The van der Waals surface area contributed by atoms with E-state index in [9.17, 15) is 9.00 Å². The summed E-state index contributed by atoms with van der Waals surface area (Å²) in [4.78, 5) is 12.2. The summed E-state index contributed by atoms with van der Waals surface area (Å²) in [6.07, 6.45) is 1.73. The third kappa shape index (κ3) is 4.05. The first-order valence-electron chi connectivity index (χ1n) is 6.53. The highest BCUT2D eigenvalue weighted by Gasteiger charge is 2.39. The van der Waals surface area contributed by atoms with Crippen molar-refractivity contribution in [1.29, 1.82) is 0 Å². The molecule has 2 atom stereocenters. The first-order chi connectivity index (χ1) is 8.02. The zero-order valence-corrected chi connectivity index (χ0v) is 13.2. The Morgan fingerprint density at radius 3 is 2.22 bits per heavy atom. The lowest BCUT2D eigenvalue weighted by Gasteiger charge is -2.31. The molecule has 0 saturated carbocycles. The van der Waals surface area contributed by atoms with Crippen molar-refractivity contribution >= 4 is 16.9 Å². The Bertz CT molecular complexity index is 342. The number of hydrogen-bond acceptors (Lipinski definition) is 2. The number of nitrogens with one attached hydrogen (secondary N) is 1. The SMILES string of the molecule is CC(C)(C)NC(=O)[C@@H]1CCCN1S(=O)C(C)(C)C.